The highest BCUT2D eigenvalue weighted by Gasteiger charge is 2.06. The minimum Gasteiger partial charge on any atom is -0.478 e. The van der Waals surface area contributed by atoms with Crippen molar-refractivity contribution >= 4 is 27.6 Å². The first-order chi connectivity index (χ1) is 7.50. The predicted molar refractivity (Wildman–Crippen MR) is 64.1 cm³/mol. The Morgan fingerprint density at radius 3 is 2.94 bits per heavy atom. The lowest BCUT2D eigenvalue weighted by atomic mass is 10.3. The summed E-state index contributed by atoms with van der Waals surface area (Å²) in [7, 11) is 1.69. The summed E-state index contributed by atoms with van der Waals surface area (Å²) in [6.45, 7) is 0.333. The molecule has 0 unspecified atom stereocenters. The molecule has 1 aromatic carbocycles. The van der Waals surface area contributed by atoms with E-state index in [2.05, 4.69) is 15.9 Å². The van der Waals surface area contributed by atoms with Gasteiger partial charge < -0.3 is 10.0 Å². The van der Waals surface area contributed by atoms with Crippen molar-refractivity contribution in [2.45, 2.75) is 0 Å². The van der Waals surface area contributed by atoms with Crippen LogP contribution in [0.1, 0.15) is 0 Å². The van der Waals surface area contributed by atoms with Crippen LogP contribution in [0.4, 0.5) is 10.1 Å². The third-order valence-corrected chi connectivity index (χ3v) is 2.45. The van der Waals surface area contributed by atoms with Crippen LogP contribution in [-0.4, -0.2) is 24.7 Å². The smallest absolute Gasteiger partial charge is 0.328 e. The molecule has 0 fully saturated rings. The summed E-state index contributed by atoms with van der Waals surface area (Å²) in [6.07, 6.45) is 2.50. The second-order valence-corrected chi connectivity index (χ2v) is 4.13. The van der Waals surface area contributed by atoms with Gasteiger partial charge >= 0.3 is 5.97 Å². The van der Waals surface area contributed by atoms with Crippen molar-refractivity contribution in [3.8, 4) is 0 Å². The first-order valence-electron chi connectivity index (χ1n) is 4.56. The molecule has 0 aliphatic rings. The number of carbonyl (C=O) groups is 1. The number of anilines is 1. The van der Waals surface area contributed by atoms with E-state index in [1.807, 2.05) is 0 Å². The molecule has 1 aromatic rings. The molecule has 0 saturated carbocycles. The Bertz CT molecular complexity index is 420. The van der Waals surface area contributed by atoms with Crippen LogP contribution < -0.4 is 4.90 Å². The van der Waals surface area contributed by atoms with Crippen LogP contribution in [0.15, 0.2) is 34.8 Å². The van der Waals surface area contributed by atoms with Crippen molar-refractivity contribution in [2.24, 2.45) is 0 Å². The van der Waals surface area contributed by atoms with E-state index >= 15 is 0 Å². The average molecular weight is 288 g/mol. The molecule has 86 valence electrons. The molecular weight excluding hydrogens is 277 g/mol. The van der Waals surface area contributed by atoms with Crippen LogP contribution in [0, 0.1) is 5.82 Å². The molecule has 0 amide bonds. The van der Waals surface area contributed by atoms with E-state index in [9.17, 15) is 9.18 Å². The van der Waals surface area contributed by atoms with Gasteiger partial charge in [-0.05, 0) is 18.2 Å². The maximum atomic E-state index is 13.4. The number of carboxylic acids is 1. The van der Waals surface area contributed by atoms with Crippen molar-refractivity contribution < 1.29 is 14.3 Å². The SMILES string of the molecule is CN(C/C=C/C(=O)O)c1cc(Br)ccc1F. The molecule has 0 heterocycles. The number of hydrogen-bond acceptors (Lipinski definition) is 2. The maximum Gasteiger partial charge on any atom is 0.328 e. The second kappa shape index (κ2) is 5.65. The summed E-state index contributed by atoms with van der Waals surface area (Å²) in [4.78, 5) is 11.9. The van der Waals surface area contributed by atoms with E-state index in [4.69, 9.17) is 5.11 Å². The number of halogens is 2. The number of benzene rings is 1. The largest absolute Gasteiger partial charge is 0.478 e. The van der Waals surface area contributed by atoms with Crippen LogP contribution in [0.2, 0.25) is 0 Å². The molecule has 1 rings (SSSR count). The summed E-state index contributed by atoms with van der Waals surface area (Å²) < 4.78 is 14.2. The number of rotatable bonds is 4. The zero-order valence-electron chi connectivity index (χ0n) is 8.65. The van der Waals surface area contributed by atoms with Gasteiger partial charge in [-0.15, -0.1) is 0 Å². The molecule has 0 bridgehead atoms. The van der Waals surface area contributed by atoms with Gasteiger partial charge in [0, 0.05) is 24.1 Å². The minimum absolute atomic E-state index is 0.333. The molecule has 0 saturated heterocycles. The number of carboxylic acid groups (broad SMARTS) is 1. The lowest BCUT2D eigenvalue weighted by Crippen LogP contribution is -2.18. The standard InChI is InChI=1S/C11H11BrFNO2/c1-14(6-2-3-11(15)16)10-7-8(12)4-5-9(10)13/h2-5,7H,6H2,1H3,(H,15,16)/b3-2+. The van der Waals surface area contributed by atoms with E-state index in [-0.39, 0.29) is 5.82 Å². The fourth-order valence-corrected chi connectivity index (χ4v) is 1.54. The fraction of sp³-hybridized carbons (Fsp3) is 0.182. The monoisotopic (exact) mass is 287 g/mol. The van der Waals surface area contributed by atoms with Crippen molar-refractivity contribution in [2.75, 3.05) is 18.5 Å². The molecule has 0 atom stereocenters. The van der Waals surface area contributed by atoms with E-state index in [1.54, 1.807) is 24.1 Å². The number of hydrogen-bond donors (Lipinski definition) is 1. The summed E-state index contributed by atoms with van der Waals surface area (Å²) >= 11 is 3.25. The van der Waals surface area contributed by atoms with Crippen LogP contribution in [0.25, 0.3) is 0 Å². The van der Waals surface area contributed by atoms with E-state index < -0.39 is 5.97 Å². The maximum absolute atomic E-state index is 13.4. The molecule has 0 aromatic heterocycles. The van der Waals surface area contributed by atoms with Gasteiger partial charge in [0.15, 0.2) is 0 Å². The van der Waals surface area contributed by atoms with Gasteiger partial charge in [-0.2, -0.15) is 0 Å². The topological polar surface area (TPSA) is 40.5 Å². The van der Waals surface area contributed by atoms with Gasteiger partial charge in [0.1, 0.15) is 5.82 Å². The van der Waals surface area contributed by atoms with Gasteiger partial charge in [-0.25, -0.2) is 9.18 Å². The molecule has 1 N–H and O–H groups in total. The zero-order chi connectivity index (χ0) is 12.1. The Labute approximate surface area is 101 Å². The summed E-state index contributed by atoms with van der Waals surface area (Å²) in [5.41, 5.74) is 0.421. The highest BCUT2D eigenvalue weighted by molar-refractivity contribution is 9.10. The number of aliphatic carboxylic acids is 1. The van der Waals surface area contributed by atoms with Crippen LogP contribution in [0.5, 0.6) is 0 Å². The molecule has 0 aliphatic heterocycles. The number of likely N-dealkylation sites (N-methyl/N-ethyl adjacent to an activating group) is 1. The fourth-order valence-electron chi connectivity index (χ4n) is 1.19. The summed E-state index contributed by atoms with van der Waals surface area (Å²) in [6, 6.07) is 4.61. The van der Waals surface area contributed by atoms with Gasteiger partial charge in [0.05, 0.1) is 5.69 Å². The second-order valence-electron chi connectivity index (χ2n) is 3.22. The van der Waals surface area contributed by atoms with Crippen molar-refractivity contribution in [1.82, 2.24) is 0 Å². The van der Waals surface area contributed by atoms with Crippen LogP contribution >= 0.6 is 15.9 Å². The van der Waals surface area contributed by atoms with Gasteiger partial charge in [0.2, 0.25) is 0 Å². The van der Waals surface area contributed by atoms with Crippen molar-refractivity contribution in [1.29, 1.82) is 0 Å². The third-order valence-electron chi connectivity index (χ3n) is 1.96. The minimum atomic E-state index is -1.01. The molecule has 0 spiro atoms. The van der Waals surface area contributed by atoms with Crippen molar-refractivity contribution in [3.05, 3.63) is 40.6 Å². The summed E-state index contributed by atoms with van der Waals surface area (Å²) in [5, 5.41) is 8.41. The van der Waals surface area contributed by atoms with Crippen LogP contribution in [0.3, 0.4) is 0 Å². The third kappa shape index (κ3) is 3.66. The Kier molecular flexibility index (Phi) is 4.49. The van der Waals surface area contributed by atoms with Gasteiger partial charge in [0.25, 0.3) is 0 Å². The molecule has 0 radical (unpaired) electrons. The molecule has 16 heavy (non-hydrogen) atoms. The lowest BCUT2D eigenvalue weighted by Gasteiger charge is -2.18. The van der Waals surface area contributed by atoms with E-state index in [1.165, 1.54) is 12.1 Å². The normalized spacial score (nSPS) is 10.7. The average Bonchev–Trinajstić information content (AvgIpc) is 2.21. The number of nitrogens with zero attached hydrogens (tertiary/aromatic N) is 1. The lowest BCUT2D eigenvalue weighted by molar-refractivity contribution is -0.131. The highest BCUT2D eigenvalue weighted by atomic mass is 79.9. The molecule has 5 heteroatoms. The van der Waals surface area contributed by atoms with E-state index in [0.717, 1.165) is 10.5 Å². The predicted octanol–water partition coefficient (Wildman–Crippen LogP) is 2.67. The Morgan fingerprint density at radius 2 is 2.31 bits per heavy atom. The first kappa shape index (κ1) is 12.7. The molecule has 3 nitrogen and oxygen atoms in total. The first-order valence-corrected chi connectivity index (χ1v) is 5.35. The Hall–Kier alpha value is -1.36. The van der Waals surface area contributed by atoms with Crippen molar-refractivity contribution in [3.63, 3.8) is 0 Å². The van der Waals surface area contributed by atoms with Gasteiger partial charge in [-0.1, -0.05) is 22.0 Å². The quantitative estimate of drug-likeness (QED) is 0.866. The van der Waals surface area contributed by atoms with Gasteiger partial charge in [-0.3, -0.25) is 0 Å². The Balaban J connectivity index is 2.76. The molecule has 0 aliphatic carbocycles. The zero-order valence-corrected chi connectivity index (χ0v) is 10.2. The van der Waals surface area contributed by atoms with Crippen LogP contribution in [-0.2, 0) is 4.79 Å². The highest BCUT2D eigenvalue weighted by Crippen LogP contribution is 2.22. The van der Waals surface area contributed by atoms with E-state index in [0.29, 0.717) is 12.2 Å². The molecular formula is C11H11BrFNO2. The summed E-state index contributed by atoms with van der Waals surface area (Å²) in [5.74, 6) is -1.35. The Morgan fingerprint density at radius 1 is 1.62 bits per heavy atom.